The summed E-state index contributed by atoms with van der Waals surface area (Å²) in [5, 5.41) is 0.640. The summed E-state index contributed by atoms with van der Waals surface area (Å²) in [6.45, 7) is 13.6. The highest BCUT2D eigenvalue weighted by atomic mass is 35.5. The van der Waals surface area contributed by atoms with E-state index in [0.29, 0.717) is 17.6 Å². The van der Waals surface area contributed by atoms with Crippen molar-refractivity contribution in [2.75, 3.05) is 51.3 Å². The summed E-state index contributed by atoms with van der Waals surface area (Å²) in [5.74, 6) is 1.78. The van der Waals surface area contributed by atoms with Crippen molar-refractivity contribution in [3.8, 4) is 11.5 Å². The first-order chi connectivity index (χ1) is 16.3. The van der Waals surface area contributed by atoms with Gasteiger partial charge in [0.25, 0.3) is 0 Å². The highest BCUT2D eigenvalue weighted by Gasteiger charge is 2.28. The van der Waals surface area contributed by atoms with Gasteiger partial charge in [0, 0.05) is 63.9 Å². The first-order valence-electron chi connectivity index (χ1n) is 12.1. The van der Waals surface area contributed by atoms with E-state index in [4.69, 9.17) is 21.1 Å². The van der Waals surface area contributed by atoms with Gasteiger partial charge < -0.3 is 19.3 Å². The van der Waals surface area contributed by atoms with E-state index >= 15 is 0 Å². The molecule has 6 nitrogen and oxygen atoms in total. The monoisotopic (exact) mass is 485 g/mol. The van der Waals surface area contributed by atoms with E-state index in [2.05, 4.69) is 48.8 Å². The van der Waals surface area contributed by atoms with E-state index in [0.717, 1.165) is 56.3 Å². The lowest BCUT2D eigenvalue weighted by atomic mass is 9.96. The highest BCUT2D eigenvalue weighted by molar-refractivity contribution is 6.32. The maximum absolute atomic E-state index is 11.6. The Kier molecular flexibility index (Phi) is 7.58. The SMILES string of the molecule is COc1cc(N2CCN(C(C)c3ccc(OC4CCN(C(C)=O)C4)c(C)c3C)CC2)ccc1Cl. The number of halogens is 1. The Morgan fingerprint density at radius 2 is 1.76 bits per heavy atom. The van der Waals surface area contributed by atoms with E-state index in [1.165, 1.54) is 16.7 Å². The van der Waals surface area contributed by atoms with Gasteiger partial charge in [-0.25, -0.2) is 0 Å². The second-order valence-electron chi connectivity index (χ2n) is 9.41. The number of anilines is 1. The molecule has 4 rings (SSSR count). The minimum Gasteiger partial charge on any atom is -0.495 e. The van der Waals surface area contributed by atoms with Crippen LogP contribution in [-0.2, 0) is 4.79 Å². The molecule has 2 aliphatic heterocycles. The molecular weight excluding hydrogens is 450 g/mol. The lowest BCUT2D eigenvalue weighted by Gasteiger charge is -2.40. The Balaban J connectivity index is 1.39. The third-order valence-corrected chi connectivity index (χ3v) is 7.79. The third-order valence-electron chi connectivity index (χ3n) is 7.48. The van der Waals surface area contributed by atoms with Crippen molar-refractivity contribution in [3.05, 3.63) is 52.0 Å². The molecule has 0 bridgehead atoms. The van der Waals surface area contributed by atoms with E-state index in [1.807, 2.05) is 17.0 Å². The topological polar surface area (TPSA) is 45.2 Å². The molecule has 0 radical (unpaired) electrons. The second kappa shape index (κ2) is 10.4. The number of benzene rings is 2. The largest absolute Gasteiger partial charge is 0.495 e. The number of methoxy groups -OCH3 is 1. The zero-order valence-electron chi connectivity index (χ0n) is 20.9. The maximum Gasteiger partial charge on any atom is 0.219 e. The van der Waals surface area contributed by atoms with Crippen LogP contribution in [0.5, 0.6) is 11.5 Å². The number of rotatable bonds is 6. The quantitative estimate of drug-likeness (QED) is 0.585. The van der Waals surface area contributed by atoms with Crippen LogP contribution in [0, 0.1) is 13.8 Å². The normalized spacial score (nSPS) is 19.9. The molecule has 2 fully saturated rings. The number of likely N-dealkylation sites (tertiary alicyclic amines) is 1. The zero-order valence-corrected chi connectivity index (χ0v) is 21.7. The molecule has 7 heteroatoms. The standard InChI is InChI=1S/C27H36ClN3O3/c1-18-19(2)26(34-23-10-11-31(17-23)21(4)32)9-7-24(18)20(3)29-12-14-30(15-13-29)22-6-8-25(28)27(16-22)33-5/h6-9,16,20,23H,10-15,17H2,1-5H3. The van der Waals surface area contributed by atoms with Crippen LogP contribution < -0.4 is 14.4 Å². The molecule has 0 spiro atoms. The van der Waals surface area contributed by atoms with Gasteiger partial charge in [0.2, 0.25) is 5.91 Å². The summed E-state index contributed by atoms with van der Waals surface area (Å²) in [7, 11) is 1.65. The smallest absolute Gasteiger partial charge is 0.219 e. The van der Waals surface area contributed by atoms with E-state index in [9.17, 15) is 4.79 Å². The average molecular weight is 486 g/mol. The van der Waals surface area contributed by atoms with E-state index in [1.54, 1.807) is 14.0 Å². The fourth-order valence-electron chi connectivity index (χ4n) is 5.10. The molecule has 1 amide bonds. The first-order valence-corrected chi connectivity index (χ1v) is 12.5. The molecular formula is C27H36ClN3O3. The fourth-order valence-corrected chi connectivity index (χ4v) is 5.29. The van der Waals surface area contributed by atoms with Crippen molar-refractivity contribution in [1.29, 1.82) is 0 Å². The first kappa shape index (κ1) is 24.7. The van der Waals surface area contributed by atoms with Crippen molar-refractivity contribution in [1.82, 2.24) is 9.80 Å². The van der Waals surface area contributed by atoms with Crippen molar-refractivity contribution in [2.45, 2.75) is 46.3 Å². The summed E-state index contributed by atoms with van der Waals surface area (Å²) in [4.78, 5) is 18.4. The molecule has 2 heterocycles. The lowest BCUT2D eigenvalue weighted by Crippen LogP contribution is -2.47. The van der Waals surface area contributed by atoms with Crippen LogP contribution in [0.2, 0.25) is 5.02 Å². The van der Waals surface area contributed by atoms with Crippen molar-refractivity contribution in [3.63, 3.8) is 0 Å². The molecule has 2 atom stereocenters. The zero-order chi connectivity index (χ0) is 24.4. The second-order valence-corrected chi connectivity index (χ2v) is 9.82. The molecule has 0 N–H and O–H groups in total. The number of carbonyl (C=O) groups is 1. The molecule has 2 aliphatic rings. The van der Waals surface area contributed by atoms with E-state index in [-0.39, 0.29) is 12.0 Å². The Morgan fingerprint density at radius 3 is 2.41 bits per heavy atom. The van der Waals surface area contributed by atoms with Crippen LogP contribution in [0.1, 0.15) is 43.0 Å². The minimum atomic E-state index is 0.0739. The predicted molar refractivity (Wildman–Crippen MR) is 137 cm³/mol. The number of amides is 1. The number of hydrogen-bond acceptors (Lipinski definition) is 5. The Hall–Kier alpha value is -2.44. The molecule has 0 aromatic heterocycles. The van der Waals surface area contributed by atoms with Gasteiger partial charge in [-0.2, -0.15) is 0 Å². The number of nitrogens with zero attached hydrogens (tertiary/aromatic N) is 3. The highest BCUT2D eigenvalue weighted by Crippen LogP contribution is 2.34. The fraction of sp³-hybridized carbons (Fsp3) is 0.519. The van der Waals surface area contributed by atoms with Crippen LogP contribution in [-0.4, -0.2) is 68.2 Å². The van der Waals surface area contributed by atoms with Crippen molar-refractivity contribution in [2.24, 2.45) is 0 Å². The average Bonchev–Trinajstić information content (AvgIpc) is 3.31. The molecule has 184 valence electrons. The van der Waals surface area contributed by atoms with Gasteiger partial charge in [0.05, 0.1) is 18.7 Å². The van der Waals surface area contributed by atoms with Gasteiger partial charge in [-0.3, -0.25) is 9.69 Å². The Bertz CT molecular complexity index is 1040. The van der Waals surface area contributed by atoms with Gasteiger partial charge in [0.15, 0.2) is 0 Å². The number of ether oxygens (including phenoxy) is 2. The summed E-state index contributed by atoms with van der Waals surface area (Å²) in [6.07, 6.45) is 0.963. The minimum absolute atomic E-state index is 0.0739. The molecule has 2 aromatic rings. The molecule has 2 unspecified atom stereocenters. The van der Waals surface area contributed by atoms with Gasteiger partial charge in [0.1, 0.15) is 17.6 Å². The molecule has 0 aliphatic carbocycles. The van der Waals surface area contributed by atoms with Crippen LogP contribution >= 0.6 is 11.6 Å². The molecule has 2 aromatic carbocycles. The third kappa shape index (κ3) is 5.13. The van der Waals surface area contributed by atoms with Gasteiger partial charge in [-0.1, -0.05) is 17.7 Å². The van der Waals surface area contributed by atoms with Crippen LogP contribution in [0.15, 0.2) is 30.3 Å². The van der Waals surface area contributed by atoms with Gasteiger partial charge in [-0.05, 0) is 55.7 Å². The molecule has 2 saturated heterocycles. The summed E-state index contributed by atoms with van der Waals surface area (Å²) >= 11 is 6.20. The summed E-state index contributed by atoms with van der Waals surface area (Å²) in [6, 6.07) is 10.7. The van der Waals surface area contributed by atoms with Gasteiger partial charge in [-0.15, -0.1) is 0 Å². The number of carbonyl (C=O) groups excluding carboxylic acids is 1. The molecule has 0 saturated carbocycles. The Morgan fingerprint density at radius 1 is 1.03 bits per heavy atom. The summed E-state index contributed by atoms with van der Waals surface area (Å²) < 4.78 is 11.7. The van der Waals surface area contributed by atoms with Crippen LogP contribution in [0.25, 0.3) is 0 Å². The maximum atomic E-state index is 11.6. The lowest BCUT2D eigenvalue weighted by molar-refractivity contribution is -0.128. The van der Waals surface area contributed by atoms with Crippen LogP contribution in [0.3, 0.4) is 0 Å². The number of piperazine rings is 1. The van der Waals surface area contributed by atoms with Gasteiger partial charge >= 0.3 is 0 Å². The predicted octanol–water partition coefficient (Wildman–Crippen LogP) is 4.85. The Labute approximate surface area is 208 Å². The van der Waals surface area contributed by atoms with Crippen LogP contribution in [0.4, 0.5) is 5.69 Å². The number of hydrogen-bond donors (Lipinski definition) is 0. The summed E-state index contributed by atoms with van der Waals surface area (Å²) in [5.41, 5.74) is 4.98. The van der Waals surface area contributed by atoms with Crippen molar-refractivity contribution < 1.29 is 14.3 Å². The van der Waals surface area contributed by atoms with Crippen molar-refractivity contribution >= 4 is 23.2 Å². The molecule has 34 heavy (non-hydrogen) atoms. The van der Waals surface area contributed by atoms with E-state index < -0.39 is 0 Å².